The number of nitrogens with zero attached hydrogens (tertiary/aromatic N) is 4. The maximum absolute atomic E-state index is 7.33. The van der Waals surface area contributed by atoms with Crippen LogP contribution in [0.1, 0.15) is 129 Å². The smallest absolute Gasteiger partial charge is 0.247 e. The number of ether oxygens (including phenoxy) is 1. The number of benzene rings is 10. The highest BCUT2D eigenvalue weighted by atomic mass is 16.5. The summed E-state index contributed by atoms with van der Waals surface area (Å²) in [6.07, 6.45) is 18.2. The highest BCUT2D eigenvalue weighted by molar-refractivity contribution is 6.92. The SMILES string of the molecule is CC(C)c1cc(C(C)C)c(B2C3=C(C=CC(n4c5c(c6cc(-c7cccc(-n8c9ccccc9c9ccccc98)c7)ccc64)C=CCC5)C3)Oc3ccc(-n4c5c(c6ccccc64)CC(c4cccc(-n6c7ccccc7c7ccccc76)c4)C=C5)cc32)c(C(C)C)c1. The standard InChI is InChI=1S/C87H73BN4O/c1-53(2)60-49-71(54(3)4)87(72(50-60)55(5)6)88-75-51-63(91-81-35-17-11-29-69(81)73-47-58(37-41-83(73)91)56-21-19-23-61(45-56)89-77-31-13-7-25-65(77)66-26-8-14-32-78(66)89)39-43-85(75)93-86-44-40-64(52-76(86)88)92-82-36-18-12-30-70(82)74-48-59(38-42-84(74)92)57-22-20-24-62(46-57)90-79-33-15-9-27-67(79)68-28-10-16-34-80(68)90/h7-17,19-35,37-46,48-51,53-55,58,64H,18,36,47,52H2,1-6H3. The van der Waals surface area contributed by atoms with Crippen LogP contribution in [-0.4, -0.2) is 25.0 Å². The number of aromatic nitrogens is 4. The van der Waals surface area contributed by atoms with Crippen molar-refractivity contribution in [2.45, 2.75) is 96.9 Å². The lowest BCUT2D eigenvalue weighted by Crippen LogP contribution is -2.52. The van der Waals surface area contributed by atoms with Gasteiger partial charge in [-0.05, 0) is 190 Å². The number of allylic oxidation sites excluding steroid dienone is 5. The quantitative estimate of drug-likeness (QED) is 0.125. The number of rotatable bonds is 10. The van der Waals surface area contributed by atoms with Crippen LogP contribution >= 0.6 is 0 Å². The van der Waals surface area contributed by atoms with Crippen LogP contribution in [0.25, 0.3) is 106 Å². The third-order valence-electron chi connectivity index (χ3n) is 21.2. The number of hydrogen-bond acceptors (Lipinski definition) is 1. The second-order valence-corrected chi connectivity index (χ2v) is 27.5. The van der Waals surface area contributed by atoms with Crippen molar-refractivity contribution in [3.05, 3.63) is 299 Å². The molecule has 2 unspecified atom stereocenters. The van der Waals surface area contributed by atoms with E-state index in [0.717, 1.165) is 42.9 Å². The fourth-order valence-corrected chi connectivity index (χ4v) is 16.9. The van der Waals surface area contributed by atoms with E-state index in [9.17, 15) is 0 Å². The summed E-state index contributed by atoms with van der Waals surface area (Å²) >= 11 is 0. The van der Waals surface area contributed by atoms with Crippen molar-refractivity contribution in [2.75, 3.05) is 0 Å². The van der Waals surface area contributed by atoms with Gasteiger partial charge in [0.1, 0.15) is 11.5 Å². The molecule has 6 heteroatoms. The van der Waals surface area contributed by atoms with Gasteiger partial charge in [0.15, 0.2) is 0 Å². The first-order valence-corrected chi connectivity index (χ1v) is 33.8. The summed E-state index contributed by atoms with van der Waals surface area (Å²) in [7, 11) is 0. The maximum atomic E-state index is 7.33. The molecular weight excluding hydrogens is 1130 g/mol. The van der Waals surface area contributed by atoms with Gasteiger partial charge in [0, 0.05) is 77.8 Å². The Hall–Kier alpha value is -10.3. The summed E-state index contributed by atoms with van der Waals surface area (Å²) < 4.78 is 17.5. The molecule has 0 saturated carbocycles. The lowest BCUT2D eigenvalue weighted by Gasteiger charge is -2.36. The van der Waals surface area contributed by atoms with Crippen LogP contribution in [0.5, 0.6) is 5.75 Å². The molecule has 5 heterocycles. The monoisotopic (exact) mass is 1200 g/mol. The van der Waals surface area contributed by atoms with E-state index in [1.807, 2.05) is 0 Å². The third kappa shape index (κ3) is 8.74. The number of hydrogen-bond donors (Lipinski definition) is 0. The minimum Gasteiger partial charge on any atom is -0.459 e. The highest BCUT2D eigenvalue weighted by Crippen LogP contribution is 2.45. The zero-order valence-corrected chi connectivity index (χ0v) is 53.7. The van der Waals surface area contributed by atoms with Gasteiger partial charge in [0.05, 0.1) is 33.6 Å². The normalized spacial score (nSPS) is 16.1. The average molecular weight is 1200 g/mol. The number of para-hydroxylation sites is 5. The van der Waals surface area contributed by atoms with Gasteiger partial charge in [-0.1, -0.05) is 205 Å². The van der Waals surface area contributed by atoms with Crippen LogP contribution in [0.4, 0.5) is 0 Å². The zero-order valence-electron chi connectivity index (χ0n) is 53.7. The van der Waals surface area contributed by atoms with Crippen molar-refractivity contribution in [1.82, 2.24) is 18.3 Å². The minimum absolute atomic E-state index is 0.0440. The molecule has 0 fully saturated rings. The Morgan fingerprint density at radius 3 is 1.67 bits per heavy atom. The van der Waals surface area contributed by atoms with Gasteiger partial charge in [0.2, 0.25) is 6.71 Å². The zero-order chi connectivity index (χ0) is 62.3. The lowest BCUT2D eigenvalue weighted by atomic mass is 9.32. The summed E-state index contributed by atoms with van der Waals surface area (Å²) in [5.74, 6) is 3.14. The molecule has 450 valence electrons. The van der Waals surface area contributed by atoms with Gasteiger partial charge >= 0.3 is 0 Å². The Bertz CT molecular complexity index is 5430. The Labute approximate surface area is 544 Å². The van der Waals surface area contributed by atoms with Gasteiger partial charge in [-0.3, -0.25) is 0 Å². The molecule has 14 aromatic rings. The topological polar surface area (TPSA) is 28.9 Å². The van der Waals surface area contributed by atoms with E-state index < -0.39 is 0 Å². The van der Waals surface area contributed by atoms with E-state index in [1.165, 1.54) is 149 Å². The van der Waals surface area contributed by atoms with E-state index in [2.05, 4.69) is 315 Å². The van der Waals surface area contributed by atoms with Crippen LogP contribution < -0.4 is 15.7 Å². The first kappa shape index (κ1) is 55.5. The summed E-state index contributed by atoms with van der Waals surface area (Å²) in [5, 5.41) is 7.72. The fourth-order valence-electron chi connectivity index (χ4n) is 16.9. The van der Waals surface area contributed by atoms with Gasteiger partial charge in [0.25, 0.3) is 0 Å². The van der Waals surface area contributed by atoms with E-state index in [1.54, 1.807) is 0 Å². The lowest BCUT2D eigenvalue weighted by molar-refractivity contribution is 0.427. The second-order valence-electron chi connectivity index (χ2n) is 27.5. The van der Waals surface area contributed by atoms with Crippen LogP contribution in [-0.2, 0) is 12.8 Å². The molecule has 3 aliphatic carbocycles. The molecule has 1 aliphatic heterocycles. The molecule has 2 atom stereocenters. The number of fused-ring (bicyclic) bond motifs is 13. The Kier molecular flexibility index (Phi) is 12.9. The average Bonchev–Trinajstić information content (AvgIpc) is 1.68. The largest absolute Gasteiger partial charge is 0.459 e. The van der Waals surface area contributed by atoms with Crippen LogP contribution in [0.3, 0.4) is 0 Å². The predicted octanol–water partition coefficient (Wildman–Crippen LogP) is 21.1. The van der Waals surface area contributed by atoms with E-state index in [0.29, 0.717) is 17.8 Å². The molecular formula is C87H73BN4O. The Morgan fingerprint density at radius 2 is 1.03 bits per heavy atom. The molecule has 4 aliphatic rings. The molecule has 0 bridgehead atoms. The molecule has 4 aromatic heterocycles. The van der Waals surface area contributed by atoms with Crippen LogP contribution in [0.15, 0.2) is 254 Å². The summed E-state index contributed by atoms with van der Waals surface area (Å²) in [5.41, 5.74) is 28.4. The molecule has 0 N–H and O–H groups in total. The predicted molar refractivity (Wildman–Crippen MR) is 393 cm³/mol. The minimum atomic E-state index is -0.0440. The van der Waals surface area contributed by atoms with Crippen molar-refractivity contribution in [1.29, 1.82) is 0 Å². The maximum Gasteiger partial charge on any atom is 0.247 e. The van der Waals surface area contributed by atoms with Gasteiger partial charge < -0.3 is 23.0 Å². The van der Waals surface area contributed by atoms with Crippen LogP contribution in [0.2, 0.25) is 0 Å². The van der Waals surface area contributed by atoms with Crippen LogP contribution in [0, 0.1) is 0 Å². The molecule has 0 amide bonds. The van der Waals surface area contributed by atoms with Crippen molar-refractivity contribution in [3.63, 3.8) is 0 Å². The summed E-state index contributed by atoms with van der Waals surface area (Å²) in [6.45, 7) is 14.3. The molecule has 10 aromatic carbocycles. The van der Waals surface area contributed by atoms with Crippen molar-refractivity contribution in [2.24, 2.45) is 0 Å². The highest BCUT2D eigenvalue weighted by Gasteiger charge is 2.41. The second kappa shape index (κ2) is 21.7. The molecule has 5 nitrogen and oxygen atoms in total. The molecule has 0 saturated heterocycles. The van der Waals surface area contributed by atoms with Gasteiger partial charge in [-0.2, -0.15) is 0 Å². The molecule has 0 spiro atoms. The van der Waals surface area contributed by atoms with Crippen molar-refractivity contribution >= 4 is 95.2 Å². The Balaban J connectivity index is 0.746. The molecule has 18 rings (SSSR count). The van der Waals surface area contributed by atoms with E-state index in [4.69, 9.17) is 4.74 Å². The fraction of sp³-hybridized carbons (Fsp3) is 0.172. The first-order chi connectivity index (χ1) is 45.6. The van der Waals surface area contributed by atoms with Crippen molar-refractivity contribution < 1.29 is 4.74 Å². The molecule has 0 radical (unpaired) electrons. The van der Waals surface area contributed by atoms with Gasteiger partial charge in [-0.25, -0.2) is 0 Å². The van der Waals surface area contributed by atoms with Crippen molar-refractivity contribution in [3.8, 4) is 33.9 Å². The van der Waals surface area contributed by atoms with E-state index in [-0.39, 0.29) is 18.7 Å². The first-order valence-electron chi connectivity index (χ1n) is 33.8. The summed E-state index contributed by atoms with van der Waals surface area (Å²) in [4.78, 5) is 0. The summed E-state index contributed by atoms with van der Waals surface area (Å²) in [6, 6.07) is 82.3. The third-order valence-corrected chi connectivity index (χ3v) is 21.2. The van der Waals surface area contributed by atoms with Gasteiger partial charge in [-0.15, -0.1) is 0 Å². The Morgan fingerprint density at radius 1 is 0.452 bits per heavy atom. The molecule has 93 heavy (non-hydrogen) atoms. The van der Waals surface area contributed by atoms with E-state index >= 15 is 0 Å².